The molecule has 146 valence electrons. The average Bonchev–Trinajstić information content (AvgIpc) is 3.22. The van der Waals surface area contributed by atoms with Crippen LogP contribution in [0.5, 0.6) is 0 Å². The summed E-state index contributed by atoms with van der Waals surface area (Å²) in [6.45, 7) is 2.95. The smallest absolute Gasteiger partial charge is 0.339 e. The van der Waals surface area contributed by atoms with Crippen LogP contribution in [0.4, 0.5) is 17.1 Å². The summed E-state index contributed by atoms with van der Waals surface area (Å²) in [4.78, 5) is 37.4. The third-order valence-electron chi connectivity index (χ3n) is 4.55. The molecule has 1 aliphatic rings. The summed E-state index contributed by atoms with van der Waals surface area (Å²) < 4.78 is 5.18. The first-order valence-corrected chi connectivity index (χ1v) is 9.06. The number of rotatable bonds is 6. The van der Waals surface area contributed by atoms with E-state index in [9.17, 15) is 19.7 Å². The van der Waals surface area contributed by atoms with Crippen LogP contribution in [0.15, 0.2) is 48.5 Å². The summed E-state index contributed by atoms with van der Waals surface area (Å²) in [5, 5.41) is 14.1. The fraction of sp³-hybridized carbons (Fsp3) is 0.300. The number of nitro groups is 1. The highest BCUT2D eigenvalue weighted by Gasteiger charge is 2.25. The van der Waals surface area contributed by atoms with Crippen LogP contribution in [0.25, 0.3) is 0 Å². The summed E-state index contributed by atoms with van der Waals surface area (Å²) in [6, 6.07) is 13.1. The zero-order chi connectivity index (χ0) is 20.1. The Labute approximate surface area is 162 Å². The lowest BCUT2D eigenvalue weighted by Crippen LogP contribution is -2.30. The Balaban J connectivity index is 1.70. The highest BCUT2D eigenvalue weighted by molar-refractivity contribution is 5.97. The van der Waals surface area contributed by atoms with E-state index in [1.165, 1.54) is 19.1 Å². The Morgan fingerprint density at radius 2 is 1.82 bits per heavy atom. The first-order valence-electron chi connectivity index (χ1n) is 9.06. The molecular weight excluding hydrogens is 362 g/mol. The van der Waals surface area contributed by atoms with E-state index in [0.29, 0.717) is 11.4 Å². The average molecular weight is 383 g/mol. The molecule has 1 fully saturated rings. The van der Waals surface area contributed by atoms with Gasteiger partial charge in [0.25, 0.3) is 11.6 Å². The molecule has 1 aliphatic heterocycles. The highest BCUT2D eigenvalue weighted by atomic mass is 16.6. The third kappa shape index (κ3) is 4.46. The lowest BCUT2D eigenvalue weighted by atomic mass is 10.1. The van der Waals surface area contributed by atoms with E-state index in [-0.39, 0.29) is 11.3 Å². The Bertz CT molecular complexity index is 879. The van der Waals surface area contributed by atoms with E-state index >= 15 is 0 Å². The molecule has 3 rings (SSSR count). The lowest BCUT2D eigenvalue weighted by molar-refractivity contribution is -0.384. The van der Waals surface area contributed by atoms with Gasteiger partial charge in [-0.05, 0) is 44.0 Å². The molecule has 0 radical (unpaired) electrons. The predicted octanol–water partition coefficient (Wildman–Crippen LogP) is 3.38. The van der Waals surface area contributed by atoms with Crippen molar-refractivity contribution >= 4 is 28.9 Å². The van der Waals surface area contributed by atoms with Crippen LogP contribution < -0.4 is 10.2 Å². The van der Waals surface area contributed by atoms with Gasteiger partial charge >= 0.3 is 5.97 Å². The number of anilines is 2. The molecule has 0 unspecified atom stereocenters. The van der Waals surface area contributed by atoms with Crippen molar-refractivity contribution in [3.05, 3.63) is 64.2 Å². The second-order valence-corrected chi connectivity index (χ2v) is 6.56. The van der Waals surface area contributed by atoms with E-state index in [4.69, 9.17) is 4.74 Å². The maximum atomic E-state index is 12.4. The van der Waals surface area contributed by atoms with Gasteiger partial charge in [-0.15, -0.1) is 0 Å². The van der Waals surface area contributed by atoms with E-state index in [0.717, 1.165) is 25.9 Å². The zero-order valence-corrected chi connectivity index (χ0v) is 15.5. The molecular formula is C20H21N3O5. The molecule has 2 aromatic rings. The number of carbonyl (C=O) groups excluding carboxylic acids is 2. The molecule has 28 heavy (non-hydrogen) atoms. The van der Waals surface area contributed by atoms with E-state index in [2.05, 4.69) is 5.32 Å². The lowest BCUT2D eigenvalue weighted by Gasteiger charge is -2.18. The van der Waals surface area contributed by atoms with Crippen LogP contribution in [-0.2, 0) is 9.53 Å². The zero-order valence-electron chi connectivity index (χ0n) is 15.5. The minimum absolute atomic E-state index is 0.0361. The normalized spacial score (nSPS) is 14.4. The molecule has 2 aromatic carbocycles. The molecule has 0 aromatic heterocycles. The number of benzene rings is 2. The van der Waals surface area contributed by atoms with E-state index in [1.54, 1.807) is 30.3 Å². The molecule has 1 amide bonds. The van der Waals surface area contributed by atoms with Gasteiger partial charge in [0.05, 0.1) is 10.5 Å². The Hall–Kier alpha value is -3.42. The topological polar surface area (TPSA) is 102 Å². The summed E-state index contributed by atoms with van der Waals surface area (Å²) in [5.74, 6) is -1.27. The number of hydrogen-bond acceptors (Lipinski definition) is 6. The fourth-order valence-electron chi connectivity index (χ4n) is 3.07. The number of nitro benzene ring substituents is 1. The second-order valence-electron chi connectivity index (χ2n) is 6.56. The van der Waals surface area contributed by atoms with Crippen molar-refractivity contribution in [1.29, 1.82) is 0 Å². The maximum absolute atomic E-state index is 12.4. The van der Waals surface area contributed by atoms with Gasteiger partial charge in [0.2, 0.25) is 0 Å². The first-order chi connectivity index (χ1) is 13.5. The van der Waals surface area contributed by atoms with Crippen molar-refractivity contribution in [2.45, 2.75) is 25.9 Å². The molecule has 1 atom stereocenters. The Morgan fingerprint density at radius 1 is 1.14 bits per heavy atom. The van der Waals surface area contributed by atoms with Crippen LogP contribution in [0.3, 0.4) is 0 Å². The molecule has 1 N–H and O–H groups in total. The fourth-order valence-corrected chi connectivity index (χ4v) is 3.07. The van der Waals surface area contributed by atoms with Gasteiger partial charge in [0.15, 0.2) is 6.10 Å². The van der Waals surface area contributed by atoms with Crippen molar-refractivity contribution in [3.63, 3.8) is 0 Å². The molecule has 0 aliphatic carbocycles. The van der Waals surface area contributed by atoms with Crippen LogP contribution in [0.1, 0.15) is 30.1 Å². The second kappa shape index (κ2) is 8.51. The van der Waals surface area contributed by atoms with Crippen LogP contribution in [-0.4, -0.2) is 36.0 Å². The standard InChI is InChI=1S/C20H21N3O5/c1-14(19(24)21-16-7-3-2-4-8-16)28-20(25)15-9-10-17(18(13-15)23(26)27)22-11-5-6-12-22/h2-4,7-10,13-14H,5-6,11-12H2,1H3,(H,21,24)/t14-/m0/s1. The van der Waals surface area contributed by atoms with Crippen molar-refractivity contribution in [2.24, 2.45) is 0 Å². The van der Waals surface area contributed by atoms with Crippen LogP contribution in [0, 0.1) is 10.1 Å². The van der Waals surface area contributed by atoms with Crippen molar-refractivity contribution in [3.8, 4) is 0 Å². The van der Waals surface area contributed by atoms with Gasteiger partial charge in [0.1, 0.15) is 5.69 Å². The summed E-state index contributed by atoms with van der Waals surface area (Å²) >= 11 is 0. The summed E-state index contributed by atoms with van der Waals surface area (Å²) in [7, 11) is 0. The number of para-hydroxylation sites is 1. The quantitative estimate of drug-likeness (QED) is 0.466. The SMILES string of the molecule is C[C@H](OC(=O)c1ccc(N2CCCC2)c([N+](=O)[O-])c1)C(=O)Nc1ccccc1. The number of nitrogens with one attached hydrogen (secondary N) is 1. The van der Waals surface area contributed by atoms with Crippen molar-refractivity contribution in [1.82, 2.24) is 0 Å². The molecule has 0 spiro atoms. The number of amides is 1. The molecule has 0 saturated carbocycles. The highest BCUT2D eigenvalue weighted by Crippen LogP contribution is 2.32. The van der Waals surface area contributed by atoms with Gasteiger partial charge in [-0.3, -0.25) is 14.9 Å². The van der Waals surface area contributed by atoms with Gasteiger partial charge in [-0.1, -0.05) is 18.2 Å². The molecule has 8 heteroatoms. The van der Waals surface area contributed by atoms with Crippen LogP contribution >= 0.6 is 0 Å². The minimum Gasteiger partial charge on any atom is -0.449 e. The van der Waals surface area contributed by atoms with E-state index in [1.807, 2.05) is 11.0 Å². The third-order valence-corrected chi connectivity index (χ3v) is 4.55. The number of carbonyl (C=O) groups is 2. The van der Waals surface area contributed by atoms with E-state index < -0.39 is 22.9 Å². The molecule has 8 nitrogen and oxygen atoms in total. The number of esters is 1. The Kier molecular flexibility index (Phi) is 5.88. The summed E-state index contributed by atoms with van der Waals surface area (Å²) in [6.07, 6.45) is 0.911. The molecule has 1 heterocycles. The minimum atomic E-state index is -1.05. The molecule has 1 saturated heterocycles. The van der Waals surface area contributed by atoms with Crippen molar-refractivity contribution in [2.75, 3.05) is 23.3 Å². The monoisotopic (exact) mass is 383 g/mol. The van der Waals surface area contributed by atoms with Crippen molar-refractivity contribution < 1.29 is 19.2 Å². The Morgan fingerprint density at radius 3 is 2.46 bits per heavy atom. The maximum Gasteiger partial charge on any atom is 0.339 e. The van der Waals surface area contributed by atoms with Gasteiger partial charge in [0, 0.05) is 24.8 Å². The number of hydrogen-bond donors (Lipinski definition) is 1. The molecule has 0 bridgehead atoms. The largest absolute Gasteiger partial charge is 0.449 e. The van der Waals surface area contributed by atoms with Gasteiger partial charge in [-0.25, -0.2) is 4.79 Å². The van der Waals surface area contributed by atoms with Crippen LogP contribution in [0.2, 0.25) is 0 Å². The summed E-state index contributed by atoms with van der Waals surface area (Å²) in [5.41, 5.74) is 0.974. The number of ether oxygens (including phenoxy) is 1. The first kappa shape index (κ1) is 19.3. The van der Waals surface area contributed by atoms with Gasteiger partial charge < -0.3 is 15.0 Å². The predicted molar refractivity (Wildman–Crippen MR) is 104 cm³/mol. The number of nitrogens with zero attached hydrogens (tertiary/aromatic N) is 2. The van der Waals surface area contributed by atoms with Gasteiger partial charge in [-0.2, -0.15) is 0 Å².